The molecule has 0 amide bonds. The summed E-state index contributed by atoms with van der Waals surface area (Å²) in [5.74, 6) is 0.0137. The maximum absolute atomic E-state index is 11.8. The van der Waals surface area contributed by atoms with Crippen molar-refractivity contribution in [2.45, 2.75) is 6.43 Å². The normalized spacial score (nSPS) is 12.8. The molecule has 0 saturated heterocycles. The van der Waals surface area contributed by atoms with Crippen molar-refractivity contribution in [3.05, 3.63) is 0 Å². The minimum atomic E-state index is -3.55. The van der Waals surface area contributed by atoms with E-state index >= 15 is 0 Å². The van der Waals surface area contributed by atoms with Gasteiger partial charge in [-0.1, -0.05) is 0 Å². The van der Waals surface area contributed by atoms with E-state index in [1.165, 1.54) is 0 Å². The number of sulfonamides is 1. The van der Waals surface area contributed by atoms with E-state index in [9.17, 15) is 17.2 Å². The lowest BCUT2D eigenvalue weighted by Crippen LogP contribution is -2.35. The molecule has 0 heterocycles. The molecule has 12 heavy (non-hydrogen) atoms. The summed E-state index contributed by atoms with van der Waals surface area (Å²) < 4.78 is 45.8. The lowest BCUT2D eigenvalue weighted by Gasteiger charge is -2.17. The van der Waals surface area contributed by atoms with E-state index in [0.717, 1.165) is 6.26 Å². The summed E-state index contributed by atoms with van der Waals surface area (Å²) in [7, 11) is -3.55. The summed E-state index contributed by atoms with van der Waals surface area (Å²) in [5.41, 5.74) is 0. The van der Waals surface area contributed by atoms with E-state index < -0.39 is 23.0 Å². The van der Waals surface area contributed by atoms with Gasteiger partial charge in [0.1, 0.15) is 0 Å². The Bertz CT molecular complexity index is 219. The molecule has 0 unspecified atom stereocenters. The molecule has 0 aromatic carbocycles. The van der Waals surface area contributed by atoms with Crippen LogP contribution in [-0.2, 0) is 10.0 Å². The first-order valence-electron chi connectivity index (χ1n) is 3.17. The van der Waals surface area contributed by atoms with Gasteiger partial charge in [0, 0.05) is 12.4 Å². The zero-order valence-corrected chi connectivity index (χ0v) is 8.08. The Morgan fingerprint density at radius 1 is 1.50 bits per heavy atom. The number of hydrogen-bond donors (Lipinski definition) is 0. The Labute approximate surface area is 75.4 Å². The molecule has 0 rings (SSSR count). The first kappa shape index (κ1) is 12.1. The second kappa shape index (κ2) is 4.94. The molecule has 0 spiro atoms. The van der Waals surface area contributed by atoms with E-state index in [1.807, 2.05) is 0 Å². The SMILES string of the molecule is CS(=O)(=O)N(CCCl)CC(F)F. The molecule has 0 atom stereocenters. The number of halogens is 3. The maximum Gasteiger partial charge on any atom is 0.252 e. The molecular formula is C5H10ClF2NO2S. The van der Waals surface area contributed by atoms with Gasteiger partial charge in [0.05, 0.1) is 12.8 Å². The average molecular weight is 222 g/mol. The zero-order valence-electron chi connectivity index (χ0n) is 6.50. The second-order valence-corrected chi connectivity index (χ2v) is 4.56. The first-order chi connectivity index (χ1) is 5.38. The van der Waals surface area contributed by atoms with Gasteiger partial charge >= 0.3 is 0 Å². The van der Waals surface area contributed by atoms with Gasteiger partial charge in [0.2, 0.25) is 10.0 Å². The van der Waals surface area contributed by atoms with Crippen LogP contribution >= 0.6 is 11.6 Å². The summed E-state index contributed by atoms with van der Waals surface area (Å²) in [5, 5.41) is 0. The first-order valence-corrected chi connectivity index (χ1v) is 5.55. The molecule has 0 aliphatic rings. The molecule has 0 aromatic rings. The third-order valence-electron chi connectivity index (χ3n) is 1.14. The summed E-state index contributed by atoms with van der Waals surface area (Å²) in [6, 6.07) is 0. The van der Waals surface area contributed by atoms with Crippen molar-refractivity contribution in [2.75, 3.05) is 25.2 Å². The molecule has 0 N–H and O–H groups in total. The molecule has 0 saturated carbocycles. The van der Waals surface area contributed by atoms with Crippen molar-refractivity contribution in [3.63, 3.8) is 0 Å². The van der Waals surface area contributed by atoms with Gasteiger partial charge in [0.15, 0.2) is 0 Å². The van der Waals surface area contributed by atoms with E-state index in [-0.39, 0.29) is 12.4 Å². The zero-order chi connectivity index (χ0) is 9.78. The van der Waals surface area contributed by atoms with Crippen molar-refractivity contribution in [1.29, 1.82) is 0 Å². The minimum Gasteiger partial charge on any atom is -0.213 e. The minimum absolute atomic E-state index is 0.0137. The predicted octanol–water partition coefficient (Wildman–Crippen LogP) is 0.752. The predicted molar refractivity (Wildman–Crippen MR) is 43.1 cm³/mol. The number of hydrogen-bond acceptors (Lipinski definition) is 2. The molecule has 0 bridgehead atoms. The molecule has 0 aliphatic carbocycles. The van der Waals surface area contributed by atoms with Crippen LogP contribution in [0.2, 0.25) is 0 Å². The Morgan fingerprint density at radius 3 is 2.25 bits per heavy atom. The molecule has 74 valence electrons. The molecule has 3 nitrogen and oxygen atoms in total. The van der Waals surface area contributed by atoms with Crippen LogP contribution in [0.3, 0.4) is 0 Å². The van der Waals surface area contributed by atoms with Gasteiger partial charge in [-0.3, -0.25) is 0 Å². The highest BCUT2D eigenvalue weighted by Gasteiger charge is 2.19. The highest BCUT2D eigenvalue weighted by molar-refractivity contribution is 7.88. The summed E-state index contributed by atoms with van der Waals surface area (Å²) in [6.07, 6.45) is -1.79. The van der Waals surface area contributed by atoms with Crippen LogP contribution in [0.5, 0.6) is 0 Å². The fourth-order valence-electron chi connectivity index (χ4n) is 0.641. The highest BCUT2D eigenvalue weighted by atomic mass is 35.5. The molecule has 0 fully saturated rings. The topological polar surface area (TPSA) is 37.4 Å². The summed E-state index contributed by atoms with van der Waals surface area (Å²) >= 11 is 5.23. The average Bonchev–Trinajstić information content (AvgIpc) is 1.83. The van der Waals surface area contributed by atoms with Gasteiger partial charge in [-0.25, -0.2) is 17.2 Å². The van der Waals surface area contributed by atoms with Crippen molar-refractivity contribution < 1.29 is 17.2 Å². The molecule has 0 aliphatic heterocycles. The third kappa shape index (κ3) is 4.84. The van der Waals surface area contributed by atoms with Crippen molar-refractivity contribution >= 4 is 21.6 Å². The van der Waals surface area contributed by atoms with Gasteiger partial charge < -0.3 is 0 Å². The standard InChI is InChI=1S/C5H10ClF2NO2S/c1-12(10,11)9(3-2-6)4-5(7)8/h5H,2-4H2,1H3. The van der Waals surface area contributed by atoms with Crippen LogP contribution in [0.15, 0.2) is 0 Å². The van der Waals surface area contributed by atoms with Gasteiger partial charge in [-0.2, -0.15) is 4.31 Å². The fraction of sp³-hybridized carbons (Fsp3) is 1.00. The maximum atomic E-state index is 11.8. The highest BCUT2D eigenvalue weighted by Crippen LogP contribution is 2.03. The van der Waals surface area contributed by atoms with E-state index in [1.54, 1.807) is 0 Å². The number of rotatable bonds is 5. The molecule has 7 heteroatoms. The van der Waals surface area contributed by atoms with Crippen LogP contribution in [0.1, 0.15) is 0 Å². The van der Waals surface area contributed by atoms with E-state index in [2.05, 4.69) is 0 Å². The lowest BCUT2D eigenvalue weighted by atomic mass is 10.6. The summed E-state index contributed by atoms with van der Waals surface area (Å²) in [6.45, 7) is -0.865. The molecule has 0 radical (unpaired) electrons. The second-order valence-electron chi connectivity index (χ2n) is 2.20. The Kier molecular flexibility index (Phi) is 4.96. The van der Waals surface area contributed by atoms with E-state index in [4.69, 9.17) is 11.6 Å². The van der Waals surface area contributed by atoms with Crippen LogP contribution < -0.4 is 0 Å². The Hall–Kier alpha value is 0.0600. The number of nitrogens with zero attached hydrogens (tertiary/aromatic N) is 1. The monoisotopic (exact) mass is 221 g/mol. The summed E-state index contributed by atoms with van der Waals surface area (Å²) in [4.78, 5) is 0. The van der Waals surface area contributed by atoms with Crippen molar-refractivity contribution in [1.82, 2.24) is 4.31 Å². The van der Waals surface area contributed by atoms with Crippen LogP contribution in [0, 0.1) is 0 Å². The molecule has 0 aromatic heterocycles. The third-order valence-corrected chi connectivity index (χ3v) is 2.58. The smallest absolute Gasteiger partial charge is 0.213 e. The van der Waals surface area contributed by atoms with Crippen LogP contribution in [0.4, 0.5) is 8.78 Å². The number of alkyl halides is 3. The van der Waals surface area contributed by atoms with Crippen LogP contribution in [-0.4, -0.2) is 44.4 Å². The lowest BCUT2D eigenvalue weighted by molar-refractivity contribution is 0.121. The Morgan fingerprint density at radius 2 is 2.00 bits per heavy atom. The largest absolute Gasteiger partial charge is 0.252 e. The van der Waals surface area contributed by atoms with Gasteiger partial charge in [-0.05, 0) is 0 Å². The van der Waals surface area contributed by atoms with E-state index in [0.29, 0.717) is 4.31 Å². The van der Waals surface area contributed by atoms with Crippen molar-refractivity contribution in [3.8, 4) is 0 Å². The van der Waals surface area contributed by atoms with Gasteiger partial charge in [0.25, 0.3) is 6.43 Å². The quantitative estimate of drug-likeness (QED) is 0.643. The van der Waals surface area contributed by atoms with Crippen LogP contribution in [0.25, 0.3) is 0 Å². The Balaban J connectivity index is 4.24. The van der Waals surface area contributed by atoms with Gasteiger partial charge in [-0.15, -0.1) is 11.6 Å². The molecular weight excluding hydrogens is 212 g/mol. The fourth-order valence-corrected chi connectivity index (χ4v) is 1.75. The van der Waals surface area contributed by atoms with Crippen molar-refractivity contribution in [2.24, 2.45) is 0 Å².